The molecule has 31 heavy (non-hydrogen) atoms. The van der Waals surface area contributed by atoms with Crippen LogP contribution in [-0.4, -0.2) is 6.61 Å². The van der Waals surface area contributed by atoms with Crippen LogP contribution in [0.1, 0.15) is 68.9 Å². The Hall–Kier alpha value is -2.61. The van der Waals surface area contributed by atoms with Gasteiger partial charge in [0.15, 0.2) is 11.6 Å². The Labute approximate surface area is 186 Å². The highest BCUT2D eigenvalue weighted by Gasteiger charge is 2.24. The normalized spacial score (nSPS) is 19.7. The summed E-state index contributed by atoms with van der Waals surface area (Å²) in [6, 6.07) is 24.9. The van der Waals surface area contributed by atoms with Crippen LogP contribution >= 0.6 is 0 Å². The van der Waals surface area contributed by atoms with Gasteiger partial charge in [0.25, 0.3) is 0 Å². The average molecular weight is 417 g/mol. The third kappa shape index (κ3) is 5.36. The monoisotopic (exact) mass is 416 g/mol. The summed E-state index contributed by atoms with van der Waals surface area (Å²) >= 11 is 0. The zero-order valence-corrected chi connectivity index (χ0v) is 18.7. The lowest BCUT2D eigenvalue weighted by atomic mass is 9.75. The van der Waals surface area contributed by atoms with Crippen LogP contribution in [0.4, 0.5) is 4.39 Å². The van der Waals surface area contributed by atoms with Crippen molar-refractivity contribution < 1.29 is 9.13 Å². The first-order chi connectivity index (χ1) is 15.1. The second kappa shape index (κ2) is 10.1. The molecule has 0 bridgehead atoms. The molecule has 0 unspecified atom stereocenters. The predicted molar refractivity (Wildman–Crippen MR) is 127 cm³/mol. The molecule has 0 saturated heterocycles. The van der Waals surface area contributed by atoms with Crippen molar-refractivity contribution in [3.05, 3.63) is 89.7 Å². The van der Waals surface area contributed by atoms with Crippen molar-refractivity contribution in [1.29, 1.82) is 0 Å². The zero-order valence-electron chi connectivity index (χ0n) is 18.7. The van der Waals surface area contributed by atoms with Crippen molar-refractivity contribution in [1.82, 2.24) is 0 Å². The molecule has 3 aromatic rings. The molecular weight excluding hydrogens is 383 g/mol. The van der Waals surface area contributed by atoms with E-state index in [0.717, 1.165) is 17.0 Å². The van der Waals surface area contributed by atoms with Crippen molar-refractivity contribution in [2.45, 2.75) is 57.8 Å². The van der Waals surface area contributed by atoms with E-state index in [4.69, 9.17) is 4.74 Å². The summed E-state index contributed by atoms with van der Waals surface area (Å²) in [5, 5.41) is 0. The van der Waals surface area contributed by atoms with Crippen molar-refractivity contribution >= 4 is 0 Å². The molecule has 1 aliphatic rings. The van der Waals surface area contributed by atoms with Crippen molar-refractivity contribution in [2.24, 2.45) is 5.92 Å². The molecular formula is C29H33FO. The second-order valence-electron chi connectivity index (χ2n) is 8.97. The predicted octanol–water partition coefficient (Wildman–Crippen LogP) is 8.36. The van der Waals surface area contributed by atoms with Gasteiger partial charge in [-0.15, -0.1) is 0 Å². The van der Waals surface area contributed by atoms with Gasteiger partial charge in [-0.05, 0) is 91.2 Å². The molecule has 4 rings (SSSR count). The first kappa shape index (κ1) is 21.6. The molecule has 3 aromatic carbocycles. The summed E-state index contributed by atoms with van der Waals surface area (Å²) in [5.41, 5.74) is 4.83. The van der Waals surface area contributed by atoms with E-state index < -0.39 is 0 Å². The molecule has 1 fully saturated rings. The Bertz CT molecular complexity index is 956. The maximum absolute atomic E-state index is 14.2. The average Bonchev–Trinajstić information content (AvgIpc) is 2.82. The Morgan fingerprint density at radius 3 is 2.19 bits per heavy atom. The molecule has 1 saturated carbocycles. The standard InChI is InChI=1S/C29H33FO/c1-3-31-29-18-17-27(20-28(29)30)26-15-13-25(14-16-26)24-11-9-22(10-12-24)19-21(2)23-7-5-4-6-8-23/h4-8,13-18,20-22,24H,3,9-12,19H2,1-2H3/t21-,22?,24?/m1/s1. The fourth-order valence-electron chi connectivity index (χ4n) is 5.05. The van der Waals surface area contributed by atoms with Crippen LogP contribution in [0.25, 0.3) is 11.1 Å². The molecule has 0 N–H and O–H groups in total. The van der Waals surface area contributed by atoms with Gasteiger partial charge >= 0.3 is 0 Å². The van der Waals surface area contributed by atoms with Crippen LogP contribution in [0.5, 0.6) is 5.75 Å². The van der Waals surface area contributed by atoms with Crippen LogP contribution in [0, 0.1) is 11.7 Å². The summed E-state index contributed by atoms with van der Waals surface area (Å²) < 4.78 is 19.5. The van der Waals surface area contributed by atoms with Gasteiger partial charge in [0.1, 0.15) is 0 Å². The van der Waals surface area contributed by atoms with Crippen LogP contribution in [0.2, 0.25) is 0 Å². The third-order valence-electron chi connectivity index (χ3n) is 6.85. The summed E-state index contributed by atoms with van der Waals surface area (Å²) in [6.45, 7) is 4.70. The Balaban J connectivity index is 1.34. The van der Waals surface area contributed by atoms with Crippen molar-refractivity contribution in [3.63, 3.8) is 0 Å². The van der Waals surface area contributed by atoms with Gasteiger partial charge in [-0.2, -0.15) is 0 Å². The van der Waals surface area contributed by atoms with Crippen molar-refractivity contribution in [3.8, 4) is 16.9 Å². The molecule has 0 spiro atoms. The highest BCUT2D eigenvalue weighted by atomic mass is 19.1. The van der Waals surface area contributed by atoms with Gasteiger partial charge in [0, 0.05) is 0 Å². The number of ether oxygens (including phenoxy) is 1. The fourth-order valence-corrected chi connectivity index (χ4v) is 5.05. The fraction of sp³-hybridized carbons (Fsp3) is 0.379. The maximum atomic E-state index is 14.2. The molecule has 0 amide bonds. The summed E-state index contributed by atoms with van der Waals surface area (Å²) in [6.07, 6.45) is 6.45. The Kier molecular flexibility index (Phi) is 7.06. The number of benzene rings is 3. The number of rotatable bonds is 7. The Morgan fingerprint density at radius 1 is 0.871 bits per heavy atom. The highest BCUT2D eigenvalue weighted by Crippen LogP contribution is 2.40. The van der Waals surface area contributed by atoms with E-state index in [1.165, 1.54) is 43.2 Å². The first-order valence-electron chi connectivity index (χ1n) is 11.7. The topological polar surface area (TPSA) is 9.23 Å². The van der Waals surface area contributed by atoms with Gasteiger partial charge < -0.3 is 4.74 Å². The molecule has 0 radical (unpaired) electrons. The smallest absolute Gasteiger partial charge is 0.165 e. The van der Waals surface area contributed by atoms with Crippen LogP contribution in [0.15, 0.2) is 72.8 Å². The maximum Gasteiger partial charge on any atom is 0.165 e. The Morgan fingerprint density at radius 2 is 1.55 bits per heavy atom. The molecule has 0 heterocycles. The lowest BCUT2D eigenvalue weighted by Gasteiger charge is -2.30. The number of hydrogen-bond acceptors (Lipinski definition) is 1. The van der Waals surface area contributed by atoms with E-state index in [1.54, 1.807) is 12.1 Å². The minimum Gasteiger partial charge on any atom is -0.491 e. The van der Waals surface area contributed by atoms with Crippen LogP contribution in [-0.2, 0) is 0 Å². The van der Waals surface area contributed by atoms with E-state index in [-0.39, 0.29) is 5.82 Å². The largest absolute Gasteiger partial charge is 0.491 e. The van der Waals surface area contributed by atoms with E-state index in [2.05, 4.69) is 61.5 Å². The number of halogens is 1. The molecule has 1 nitrogen and oxygen atoms in total. The van der Waals surface area contributed by atoms with Gasteiger partial charge in [-0.1, -0.05) is 67.6 Å². The van der Waals surface area contributed by atoms with Gasteiger partial charge in [-0.25, -0.2) is 4.39 Å². The first-order valence-corrected chi connectivity index (χ1v) is 11.7. The molecule has 0 aromatic heterocycles. The summed E-state index contributed by atoms with van der Waals surface area (Å²) in [5.74, 6) is 2.14. The minimum absolute atomic E-state index is 0.300. The molecule has 2 heteroatoms. The SMILES string of the molecule is CCOc1ccc(-c2ccc(C3CCC(C[C@@H](C)c4ccccc4)CC3)cc2)cc1F. The van der Waals surface area contributed by atoms with E-state index in [1.807, 2.05) is 13.0 Å². The lowest BCUT2D eigenvalue weighted by Crippen LogP contribution is -2.15. The summed E-state index contributed by atoms with van der Waals surface area (Å²) in [7, 11) is 0. The lowest BCUT2D eigenvalue weighted by molar-refractivity contribution is 0.297. The third-order valence-corrected chi connectivity index (χ3v) is 6.85. The highest BCUT2D eigenvalue weighted by molar-refractivity contribution is 5.64. The van der Waals surface area contributed by atoms with Crippen molar-refractivity contribution in [2.75, 3.05) is 6.61 Å². The van der Waals surface area contributed by atoms with Gasteiger partial charge in [0.2, 0.25) is 0 Å². The molecule has 1 atom stereocenters. The molecule has 0 aliphatic heterocycles. The quantitative estimate of drug-likeness (QED) is 0.376. The van der Waals surface area contributed by atoms with Crippen LogP contribution in [0.3, 0.4) is 0 Å². The molecule has 1 aliphatic carbocycles. The summed E-state index contributed by atoms with van der Waals surface area (Å²) in [4.78, 5) is 0. The van der Waals surface area contributed by atoms with E-state index >= 15 is 0 Å². The van der Waals surface area contributed by atoms with E-state index in [0.29, 0.717) is 24.2 Å². The van der Waals surface area contributed by atoms with Crippen LogP contribution < -0.4 is 4.74 Å². The zero-order chi connectivity index (χ0) is 21.6. The van der Waals surface area contributed by atoms with Gasteiger partial charge in [-0.3, -0.25) is 0 Å². The van der Waals surface area contributed by atoms with Gasteiger partial charge in [0.05, 0.1) is 6.61 Å². The number of hydrogen-bond donors (Lipinski definition) is 0. The minimum atomic E-state index is -0.300. The second-order valence-corrected chi connectivity index (χ2v) is 8.97. The van der Waals surface area contributed by atoms with E-state index in [9.17, 15) is 4.39 Å². The molecule has 162 valence electrons.